The van der Waals surface area contributed by atoms with E-state index < -0.39 is 11.9 Å². The SMILES string of the molecule is N#CCCN(CCN1CCOCC1)CC(O)c1ccccc1F. The number of nitrogens with zero attached hydrogens (tertiary/aromatic N) is 3. The average Bonchev–Trinajstić information content (AvgIpc) is 2.58. The van der Waals surface area contributed by atoms with Crippen molar-refractivity contribution < 1.29 is 14.2 Å². The van der Waals surface area contributed by atoms with Crippen LogP contribution < -0.4 is 0 Å². The van der Waals surface area contributed by atoms with Gasteiger partial charge in [-0.15, -0.1) is 0 Å². The third-order valence-corrected chi connectivity index (χ3v) is 4.07. The van der Waals surface area contributed by atoms with Gasteiger partial charge in [0.25, 0.3) is 0 Å². The molecule has 1 aromatic rings. The van der Waals surface area contributed by atoms with Crippen LogP contribution in [0.4, 0.5) is 4.39 Å². The molecule has 2 rings (SSSR count). The smallest absolute Gasteiger partial charge is 0.129 e. The Labute approximate surface area is 136 Å². The summed E-state index contributed by atoms with van der Waals surface area (Å²) in [6.45, 7) is 5.81. The van der Waals surface area contributed by atoms with Crippen LogP contribution in [0.3, 0.4) is 0 Å². The van der Waals surface area contributed by atoms with Crippen LogP contribution in [-0.2, 0) is 4.74 Å². The van der Waals surface area contributed by atoms with Gasteiger partial charge in [-0.3, -0.25) is 9.80 Å². The van der Waals surface area contributed by atoms with Crippen molar-refractivity contribution in [2.45, 2.75) is 12.5 Å². The number of aliphatic hydroxyl groups excluding tert-OH is 1. The molecule has 23 heavy (non-hydrogen) atoms. The highest BCUT2D eigenvalue weighted by atomic mass is 19.1. The predicted molar refractivity (Wildman–Crippen MR) is 85.3 cm³/mol. The molecule has 6 heteroatoms. The zero-order valence-corrected chi connectivity index (χ0v) is 13.3. The molecule has 0 amide bonds. The topological polar surface area (TPSA) is 59.7 Å². The van der Waals surface area contributed by atoms with E-state index in [0.717, 1.165) is 39.4 Å². The fourth-order valence-electron chi connectivity index (χ4n) is 2.70. The van der Waals surface area contributed by atoms with Gasteiger partial charge in [0.15, 0.2) is 0 Å². The van der Waals surface area contributed by atoms with E-state index in [-0.39, 0.29) is 0 Å². The number of benzene rings is 1. The number of nitriles is 1. The molecule has 1 unspecified atom stereocenters. The van der Waals surface area contributed by atoms with Crippen molar-refractivity contribution in [1.82, 2.24) is 9.80 Å². The van der Waals surface area contributed by atoms with Gasteiger partial charge in [-0.05, 0) is 6.07 Å². The summed E-state index contributed by atoms with van der Waals surface area (Å²) in [5.41, 5.74) is 0.306. The number of hydrogen-bond donors (Lipinski definition) is 1. The first-order chi connectivity index (χ1) is 11.2. The summed E-state index contributed by atoms with van der Waals surface area (Å²) in [5, 5.41) is 19.1. The first-order valence-electron chi connectivity index (χ1n) is 8.02. The Bertz CT molecular complexity index is 515. The van der Waals surface area contributed by atoms with Crippen molar-refractivity contribution in [3.63, 3.8) is 0 Å². The maximum absolute atomic E-state index is 13.8. The Hall–Kier alpha value is -1.52. The summed E-state index contributed by atoms with van der Waals surface area (Å²) < 4.78 is 19.1. The molecule has 0 saturated carbocycles. The standard InChI is InChI=1S/C17H24FN3O2/c18-16-5-2-1-4-15(16)17(22)14-21(7-3-6-19)9-8-20-10-12-23-13-11-20/h1-2,4-5,17,22H,3,7-14H2. The van der Waals surface area contributed by atoms with E-state index in [9.17, 15) is 9.50 Å². The fraction of sp³-hybridized carbons (Fsp3) is 0.588. The second-order valence-electron chi connectivity index (χ2n) is 5.70. The van der Waals surface area contributed by atoms with Crippen LogP contribution >= 0.6 is 0 Å². The molecule has 5 nitrogen and oxygen atoms in total. The summed E-state index contributed by atoms with van der Waals surface area (Å²) in [4.78, 5) is 4.33. The molecule has 1 fully saturated rings. The first kappa shape index (κ1) is 17.8. The van der Waals surface area contributed by atoms with Crippen LogP contribution in [-0.4, -0.2) is 67.4 Å². The summed E-state index contributed by atoms with van der Waals surface area (Å²) in [6, 6.07) is 8.41. The number of aliphatic hydroxyl groups is 1. The number of morpholine rings is 1. The lowest BCUT2D eigenvalue weighted by atomic mass is 10.1. The van der Waals surface area contributed by atoms with Crippen molar-refractivity contribution in [1.29, 1.82) is 5.26 Å². The lowest BCUT2D eigenvalue weighted by Crippen LogP contribution is -2.42. The van der Waals surface area contributed by atoms with Crippen LogP contribution in [0.25, 0.3) is 0 Å². The van der Waals surface area contributed by atoms with Gasteiger partial charge in [-0.1, -0.05) is 18.2 Å². The number of rotatable bonds is 8. The van der Waals surface area contributed by atoms with Gasteiger partial charge in [-0.2, -0.15) is 5.26 Å². The van der Waals surface area contributed by atoms with E-state index >= 15 is 0 Å². The number of ether oxygens (including phenoxy) is 1. The summed E-state index contributed by atoms with van der Waals surface area (Å²) in [7, 11) is 0. The van der Waals surface area contributed by atoms with Crippen LogP contribution in [0, 0.1) is 17.1 Å². The second kappa shape index (κ2) is 9.58. The molecule has 1 atom stereocenters. The fourth-order valence-corrected chi connectivity index (χ4v) is 2.70. The van der Waals surface area contributed by atoms with Gasteiger partial charge < -0.3 is 9.84 Å². The minimum atomic E-state index is -0.889. The van der Waals surface area contributed by atoms with Gasteiger partial charge in [-0.25, -0.2) is 4.39 Å². The second-order valence-corrected chi connectivity index (χ2v) is 5.70. The molecule has 1 aliphatic heterocycles. The molecule has 1 N–H and O–H groups in total. The zero-order chi connectivity index (χ0) is 16.5. The molecule has 0 radical (unpaired) electrons. The molecular formula is C17H24FN3O2. The van der Waals surface area contributed by atoms with E-state index in [4.69, 9.17) is 10.00 Å². The van der Waals surface area contributed by atoms with E-state index in [1.54, 1.807) is 18.2 Å². The van der Waals surface area contributed by atoms with Gasteiger partial charge in [0.1, 0.15) is 5.82 Å². The minimum Gasteiger partial charge on any atom is -0.387 e. The highest BCUT2D eigenvalue weighted by molar-refractivity contribution is 5.20. The lowest BCUT2D eigenvalue weighted by molar-refractivity contribution is 0.0299. The predicted octanol–water partition coefficient (Wildman–Crippen LogP) is 1.41. The average molecular weight is 321 g/mol. The van der Waals surface area contributed by atoms with Crippen LogP contribution in [0.5, 0.6) is 0 Å². The van der Waals surface area contributed by atoms with E-state index in [1.165, 1.54) is 6.07 Å². The number of hydrogen-bond acceptors (Lipinski definition) is 5. The Morgan fingerprint density at radius 1 is 1.30 bits per heavy atom. The van der Waals surface area contributed by atoms with E-state index in [0.29, 0.717) is 25.1 Å². The molecule has 1 aromatic carbocycles. The molecule has 0 aromatic heterocycles. The highest BCUT2D eigenvalue weighted by Crippen LogP contribution is 2.18. The third-order valence-electron chi connectivity index (χ3n) is 4.07. The van der Waals surface area contributed by atoms with Gasteiger partial charge >= 0.3 is 0 Å². The Morgan fingerprint density at radius 2 is 2.04 bits per heavy atom. The van der Waals surface area contributed by atoms with Gasteiger partial charge in [0.05, 0.1) is 25.4 Å². The Balaban J connectivity index is 1.89. The maximum atomic E-state index is 13.8. The van der Waals surface area contributed by atoms with Crippen LogP contribution in [0.2, 0.25) is 0 Å². The van der Waals surface area contributed by atoms with Crippen molar-refractivity contribution in [3.05, 3.63) is 35.6 Å². The molecule has 126 valence electrons. The molecule has 0 aliphatic carbocycles. The Morgan fingerprint density at radius 3 is 2.74 bits per heavy atom. The zero-order valence-electron chi connectivity index (χ0n) is 13.3. The van der Waals surface area contributed by atoms with Crippen LogP contribution in [0.15, 0.2) is 24.3 Å². The van der Waals surface area contributed by atoms with Crippen molar-refractivity contribution in [2.24, 2.45) is 0 Å². The van der Waals surface area contributed by atoms with Crippen molar-refractivity contribution in [2.75, 3.05) is 52.5 Å². The molecule has 0 spiro atoms. The van der Waals surface area contributed by atoms with Crippen molar-refractivity contribution in [3.8, 4) is 6.07 Å². The molecule has 0 bridgehead atoms. The third kappa shape index (κ3) is 5.88. The molecule has 1 aliphatic rings. The first-order valence-corrected chi connectivity index (χ1v) is 8.02. The van der Waals surface area contributed by atoms with E-state index in [2.05, 4.69) is 11.0 Å². The largest absolute Gasteiger partial charge is 0.387 e. The highest BCUT2D eigenvalue weighted by Gasteiger charge is 2.18. The van der Waals surface area contributed by atoms with Crippen LogP contribution in [0.1, 0.15) is 18.1 Å². The maximum Gasteiger partial charge on any atom is 0.129 e. The molecule has 1 saturated heterocycles. The van der Waals surface area contributed by atoms with E-state index in [1.807, 2.05) is 4.90 Å². The minimum absolute atomic E-state index is 0.306. The quantitative estimate of drug-likeness (QED) is 0.784. The number of halogens is 1. The summed E-state index contributed by atoms with van der Waals surface area (Å²) >= 11 is 0. The van der Waals surface area contributed by atoms with Crippen molar-refractivity contribution >= 4 is 0 Å². The van der Waals surface area contributed by atoms with Gasteiger partial charge in [0.2, 0.25) is 0 Å². The monoisotopic (exact) mass is 321 g/mol. The molecular weight excluding hydrogens is 297 g/mol. The summed E-state index contributed by atoms with van der Waals surface area (Å²) in [6.07, 6.45) is -0.493. The summed E-state index contributed by atoms with van der Waals surface area (Å²) in [5.74, 6) is -0.395. The lowest BCUT2D eigenvalue weighted by Gasteiger charge is -2.30. The van der Waals surface area contributed by atoms with Gasteiger partial charge in [0, 0.05) is 51.3 Å². The normalized spacial score (nSPS) is 17.1. The Kier molecular flexibility index (Phi) is 7.43. The molecule has 1 heterocycles.